The quantitative estimate of drug-likeness (QED) is 0.0117. The van der Waals surface area contributed by atoms with Crippen molar-refractivity contribution in [1.29, 1.82) is 0 Å². The third kappa shape index (κ3) is 27.3. The molecule has 0 unspecified atom stereocenters. The lowest BCUT2D eigenvalue weighted by atomic mass is 9.98. The van der Waals surface area contributed by atoms with Gasteiger partial charge in [0.1, 0.15) is 66.5 Å². The lowest BCUT2D eigenvalue weighted by Gasteiger charge is -2.31. The Hall–Kier alpha value is -8.49. The summed E-state index contributed by atoms with van der Waals surface area (Å²) >= 11 is 4.13. The molecule has 0 aromatic heterocycles. The number of nitrogens with two attached hydrogens (primary N) is 5. The number of aliphatic hydroxyl groups is 2. The van der Waals surface area contributed by atoms with E-state index in [1.54, 1.807) is 27.7 Å². The predicted molar refractivity (Wildman–Crippen MR) is 346 cm³/mol. The third-order valence-electron chi connectivity index (χ3n) is 16.3. The summed E-state index contributed by atoms with van der Waals surface area (Å²) < 4.78 is 0. The Bertz CT molecular complexity index is 2760. The smallest absolute Gasteiger partial charge is 0.326 e. The molecule has 0 bridgehead atoms. The molecule has 2 fully saturated rings. The van der Waals surface area contributed by atoms with Gasteiger partial charge in [0, 0.05) is 31.8 Å². The molecule has 2 heterocycles. The van der Waals surface area contributed by atoms with Gasteiger partial charge in [0.05, 0.1) is 31.7 Å². The van der Waals surface area contributed by atoms with Gasteiger partial charge in [0.2, 0.25) is 76.8 Å². The summed E-state index contributed by atoms with van der Waals surface area (Å²) in [6.07, 6.45) is -1.16. The number of amides is 13. The first-order valence-corrected chi connectivity index (χ1v) is 32.6. The Kier molecular flexibility index (Phi) is 36.7. The first-order valence-electron chi connectivity index (χ1n) is 31.9. The third-order valence-corrected chi connectivity index (χ3v) is 16.7. The standard InChI is InChI=1S/C58H100N18O19S/c1-7-28(3)43(61)53(90)71-35(24-40(60)79)56(93)76-23-13-17-39(76)52(89)74-45(31(6)78)54(91)65-25-41(80)67-37(27-96)50(87)66-30(5)46(83)68-33(15-11-21-64-58(62)63)47(84)72-36(26-77)49(86)70-34(18-19-42(81)82)55(92)75-22-12-16-38(75)51(88)69-32(14-9-10-20-59)48(85)73-44(57(94)95)29(4)8-2/h28-39,43-45,77-78,96H,7-27,59,61H2,1-6H3,(H2,60,79)(H,65,91)(H,66,87)(H,67,80)(H,68,83)(H,69,88)(H,70,86)(H,71,90)(H,72,84)(H,73,85)(H,74,89)(H,81,82)(H,94,95)(H4,62,63,64)/t28-,29-,30-,31+,32-,33-,34-,35-,36-,37-,38-,39-,43-,44-,45-/m0/s1. The molecule has 0 saturated carbocycles. The number of likely N-dealkylation sites (tertiary alicyclic amines) is 2. The van der Waals surface area contributed by atoms with Crippen LogP contribution in [-0.2, 0) is 71.9 Å². The molecular weight excluding hydrogens is 1280 g/mol. The van der Waals surface area contributed by atoms with Crippen LogP contribution < -0.4 is 81.8 Å². The zero-order valence-electron chi connectivity index (χ0n) is 55.1. The highest BCUT2D eigenvalue weighted by molar-refractivity contribution is 7.80. The number of primary amides is 1. The zero-order chi connectivity index (χ0) is 72.7. The van der Waals surface area contributed by atoms with Gasteiger partial charge in [-0.05, 0) is 96.4 Å². The summed E-state index contributed by atoms with van der Waals surface area (Å²) in [5.74, 6) is -16.4. The number of hydrogen-bond acceptors (Lipinski definition) is 21. The van der Waals surface area contributed by atoms with Crippen molar-refractivity contribution in [3.05, 3.63) is 0 Å². The fourth-order valence-corrected chi connectivity index (χ4v) is 10.5. The Morgan fingerprint density at radius 3 is 1.60 bits per heavy atom. The number of carboxylic acid groups (broad SMARTS) is 2. The van der Waals surface area contributed by atoms with E-state index in [-0.39, 0.29) is 82.3 Å². The van der Waals surface area contributed by atoms with Crippen LogP contribution in [0.15, 0.2) is 4.99 Å². The maximum Gasteiger partial charge on any atom is 0.326 e. The van der Waals surface area contributed by atoms with E-state index in [0.29, 0.717) is 32.1 Å². The molecule has 13 amide bonds. The number of unbranched alkanes of at least 4 members (excludes halogenated alkanes) is 1. The van der Waals surface area contributed by atoms with Crippen LogP contribution in [0, 0.1) is 11.8 Å². The van der Waals surface area contributed by atoms with E-state index in [9.17, 15) is 92.3 Å². The molecule has 0 aliphatic carbocycles. The molecule has 38 heteroatoms. The van der Waals surface area contributed by atoms with Gasteiger partial charge in [-0.3, -0.25) is 72.1 Å². The largest absolute Gasteiger partial charge is 0.481 e. The van der Waals surface area contributed by atoms with E-state index in [4.69, 9.17) is 28.7 Å². The molecule has 37 nitrogen and oxygen atoms in total. The molecule has 2 aliphatic rings. The number of carbonyl (C=O) groups excluding carboxylic acids is 13. The average Bonchev–Trinajstić information content (AvgIpc) is 1.63. The first kappa shape index (κ1) is 83.6. The molecule has 2 saturated heterocycles. The number of guanidine groups is 1. The van der Waals surface area contributed by atoms with Crippen molar-refractivity contribution in [1.82, 2.24) is 63.0 Å². The van der Waals surface area contributed by atoms with Crippen molar-refractivity contribution in [2.24, 2.45) is 45.5 Å². The maximum atomic E-state index is 14.3. The zero-order valence-corrected chi connectivity index (χ0v) is 56.0. The van der Waals surface area contributed by atoms with Crippen molar-refractivity contribution in [3.8, 4) is 0 Å². The van der Waals surface area contributed by atoms with E-state index in [2.05, 4.69) is 70.8 Å². The number of aliphatic carboxylic acids is 2. The summed E-state index contributed by atoms with van der Waals surface area (Å²) in [5.41, 5.74) is 28.0. The van der Waals surface area contributed by atoms with E-state index < -0.39 is 206 Å². The number of rotatable bonds is 43. The highest BCUT2D eigenvalue weighted by atomic mass is 32.1. The minimum Gasteiger partial charge on any atom is -0.481 e. The Morgan fingerprint density at radius 1 is 0.573 bits per heavy atom. The Labute approximate surface area is 561 Å². The van der Waals surface area contributed by atoms with Crippen LogP contribution in [0.25, 0.3) is 0 Å². The number of thiol groups is 1. The van der Waals surface area contributed by atoms with Gasteiger partial charge >= 0.3 is 11.9 Å². The van der Waals surface area contributed by atoms with E-state index in [1.165, 1.54) is 6.92 Å². The maximum absolute atomic E-state index is 14.3. The fourth-order valence-electron chi connectivity index (χ4n) is 10.2. The lowest BCUT2D eigenvalue weighted by Crippen LogP contribution is -2.61. The summed E-state index contributed by atoms with van der Waals surface area (Å²) in [7, 11) is 0. The monoisotopic (exact) mass is 1380 g/mol. The summed E-state index contributed by atoms with van der Waals surface area (Å²) in [5, 5.41) is 64.3. The first-order chi connectivity index (χ1) is 45.2. The molecule has 0 radical (unpaired) electrons. The molecule has 2 aliphatic heterocycles. The molecule has 542 valence electrons. The van der Waals surface area contributed by atoms with E-state index >= 15 is 0 Å². The highest BCUT2D eigenvalue weighted by Crippen LogP contribution is 2.23. The van der Waals surface area contributed by atoms with E-state index in [1.807, 2.05) is 0 Å². The number of aliphatic imine (C=N–C) groups is 1. The highest BCUT2D eigenvalue weighted by Gasteiger charge is 2.43. The Morgan fingerprint density at radius 2 is 1.08 bits per heavy atom. The second-order valence-corrected chi connectivity index (χ2v) is 24.2. The molecule has 2 rings (SSSR count). The minimum absolute atomic E-state index is 0.00919. The van der Waals surface area contributed by atoms with Gasteiger partial charge in [0.25, 0.3) is 0 Å². The molecule has 96 heavy (non-hydrogen) atoms. The van der Waals surface area contributed by atoms with Gasteiger partial charge in [0.15, 0.2) is 5.96 Å². The van der Waals surface area contributed by atoms with Crippen LogP contribution in [-0.4, -0.2) is 249 Å². The van der Waals surface area contributed by atoms with Crippen LogP contribution in [0.1, 0.15) is 131 Å². The van der Waals surface area contributed by atoms with Crippen LogP contribution in [0.3, 0.4) is 0 Å². The summed E-state index contributed by atoms with van der Waals surface area (Å²) in [4.78, 5) is 205. The molecule has 0 spiro atoms. The number of nitrogens with one attached hydrogen (secondary N) is 10. The molecule has 0 aromatic rings. The number of hydrogen-bond donors (Lipinski definition) is 20. The van der Waals surface area contributed by atoms with Gasteiger partial charge in [-0.15, -0.1) is 0 Å². The minimum atomic E-state index is -1.87. The van der Waals surface area contributed by atoms with Crippen molar-refractivity contribution < 1.29 is 92.3 Å². The Balaban J connectivity index is 2.21. The van der Waals surface area contributed by atoms with Crippen molar-refractivity contribution in [2.75, 3.05) is 45.1 Å². The van der Waals surface area contributed by atoms with Gasteiger partial charge in [-0.25, -0.2) is 4.79 Å². The van der Waals surface area contributed by atoms with E-state index in [0.717, 1.165) is 16.7 Å². The van der Waals surface area contributed by atoms with Crippen molar-refractivity contribution in [2.45, 2.75) is 210 Å². The van der Waals surface area contributed by atoms with Gasteiger partial charge in [-0.1, -0.05) is 40.5 Å². The van der Waals surface area contributed by atoms with Crippen LogP contribution in [0.5, 0.6) is 0 Å². The second kappa shape index (κ2) is 42.1. The molecule has 0 aromatic carbocycles. The number of nitrogens with zero attached hydrogens (tertiary/aromatic N) is 3. The molecule has 24 N–H and O–H groups in total. The van der Waals surface area contributed by atoms with Crippen molar-refractivity contribution >= 4 is 107 Å². The normalized spacial score (nSPS) is 18.4. The average molecular weight is 1390 g/mol. The van der Waals surface area contributed by atoms with Crippen LogP contribution in [0.4, 0.5) is 0 Å². The van der Waals surface area contributed by atoms with Crippen LogP contribution in [0.2, 0.25) is 0 Å². The van der Waals surface area contributed by atoms with Crippen LogP contribution >= 0.6 is 12.6 Å². The molecular formula is C58H100N18O19S. The number of aliphatic hydroxyl groups excluding tert-OH is 2. The van der Waals surface area contributed by atoms with Gasteiger partial charge < -0.3 is 112 Å². The number of carbonyl (C=O) groups is 15. The summed E-state index contributed by atoms with van der Waals surface area (Å²) in [6, 6.07) is -17.3. The predicted octanol–water partition coefficient (Wildman–Crippen LogP) is -7.80. The second-order valence-electron chi connectivity index (χ2n) is 23.8. The SMILES string of the molecule is CC[C@H](C)[C@H](N)C(=O)N[C@@H](CC(N)=O)C(=O)N1CCC[C@H]1C(=O)N[C@H](C(=O)NCC(=O)N[C@@H](CS)C(=O)N[C@@H](C)C(=O)N[C@@H](CCCN=C(N)N)C(=O)N[C@@H](CO)C(=O)N[C@@H](CCC(=O)O)C(=O)N1CCC[C@H]1C(=O)N[C@@H](CCCCN)C(=O)N[C@H](C(=O)O)[C@@H](C)CC)[C@@H](C)O. The summed E-state index contributed by atoms with van der Waals surface area (Å²) in [6.45, 7) is 7.41. The molecule has 15 atom stereocenters. The van der Waals surface area contributed by atoms with Gasteiger partial charge in [-0.2, -0.15) is 12.6 Å². The fraction of sp³-hybridized carbons (Fsp3) is 0.724. The lowest BCUT2D eigenvalue weighted by molar-refractivity contribution is -0.145. The topological polar surface area (TPSA) is 606 Å². The number of carboxylic acids is 2. The van der Waals surface area contributed by atoms with Crippen molar-refractivity contribution in [3.63, 3.8) is 0 Å².